The third kappa shape index (κ3) is 5.92. The molecule has 1 amide bonds. The van der Waals surface area contributed by atoms with E-state index in [-0.39, 0.29) is 38.2 Å². The summed E-state index contributed by atoms with van der Waals surface area (Å²) in [6, 6.07) is 8.33. The number of rotatable bonds is 10. The first-order chi connectivity index (χ1) is 18.9. The van der Waals surface area contributed by atoms with Crippen molar-refractivity contribution in [1.82, 2.24) is 14.7 Å². The minimum absolute atomic E-state index is 0.0698. The van der Waals surface area contributed by atoms with Gasteiger partial charge in [0, 0.05) is 23.4 Å². The summed E-state index contributed by atoms with van der Waals surface area (Å²) in [5, 5.41) is 15.5. The molecule has 3 N–H and O–H groups in total. The number of benzene rings is 1. The lowest BCUT2D eigenvalue weighted by molar-refractivity contribution is -0.141. The highest BCUT2D eigenvalue weighted by atomic mass is 16.7. The average molecular weight is 537 g/mol. The first-order valence-electron chi connectivity index (χ1n) is 13.3. The van der Waals surface area contributed by atoms with Crippen LogP contribution in [0.15, 0.2) is 36.5 Å². The Labute approximate surface area is 225 Å². The van der Waals surface area contributed by atoms with E-state index in [1.807, 2.05) is 12.1 Å². The number of aliphatic carboxylic acids is 1. The van der Waals surface area contributed by atoms with Crippen LogP contribution >= 0.6 is 0 Å². The average Bonchev–Trinajstić information content (AvgIpc) is 3.55. The summed E-state index contributed by atoms with van der Waals surface area (Å²) in [6.45, 7) is 2.08. The monoisotopic (exact) mass is 536 g/mol. The molecule has 2 aromatic heterocycles. The van der Waals surface area contributed by atoms with Gasteiger partial charge in [-0.3, -0.25) is 18.8 Å². The molecule has 1 fully saturated rings. The highest BCUT2D eigenvalue weighted by molar-refractivity contribution is 5.96. The number of nitrogens with one attached hydrogen (secondary N) is 2. The van der Waals surface area contributed by atoms with Crippen LogP contribution in [0.25, 0.3) is 16.9 Å². The quantitative estimate of drug-likeness (QED) is 0.330. The van der Waals surface area contributed by atoms with E-state index in [0.29, 0.717) is 34.2 Å². The summed E-state index contributed by atoms with van der Waals surface area (Å²) >= 11 is 0. The molecule has 0 bridgehead atoms. The molecule has 1 saturated carbocycles. The van der Waals surface area contributed by atoms with Crippen molar-refractivity contribution in [1.29, 1.82) is 0 Å². The Kier molecular flexibility index (Phi) is 7.85. The van der Waals surface area contributed by atoms with Gasteiger partial charge in [-0.2, -0.15) is 0 Å². The lowest BCUT2D eigenvalue weighted by Gasteiger charge is -2.30. The summed E-state index contributed by atoms with van der Waals surface area (Å²) in [7, 11) is 0. The van der Waals surface area contributed by atoms with Gasteiger partial charge in [0.25, 0.3) is 5.91 Å². The largest absolute Gasteiger partial charge is 0.481 e. The number of anilines is 1. The summed E-state index contributed by atoms with van der Waals surface area (Å²) < 4.78 is 17.8. The smallest absolute Gasteiger partial charge is 0.325 e. The fourth-order valence-corrected chi connectivity index (χ4v) is 5.28. The number of carboxylic acids is 1. The molecule has 1 atom stereocenters. The number of carbonyl (C=O) groups excluding carboxylic acids is 2. The molecular formula is C28H32N4O7. The molecule has 39 heavy (non-hydrogen) atoms. The van der Waals surface area contributed by atoms with Gasteiger partial charge in [-0.1, -0.05) is 19.3 Å². The second-order valence-corrected chi connectivity index (χ2v) is 9.76. The van der Waals surface area contributed by atoms with Crippen LogP contribution in [0.2, 0.25) is 0 Å². The van der Waals surface area contributed by atoms with Crippen molar-refractivity contribution < 1.29 is 33.7 Å². The number of esters is 1. The molecule has 206 valence electrons. The van der Waals surface area contributed by atoms with Crippen LogP contribution in [0.4, 0.5) is 5.82 Å². The SMILES string of the molecule is CCOC(=O)CNc1c(-c2ccc3c(c2)OCO3)nc2cc(C(=O)NC(CC(=O)O)C3CCCCC3)ccn12. The summed E-state index contributed by atoms with van der Waals surface area (Å²) in [5.41, 5.74) is 2.14. The van der Waals surface area contributed by atoms with Crippen molar-refractivity contribution in [3.05, 3.63) is 42.1 Å². The van der Waals surface area contributed by atoms with Crippen molar-refractivity contribution in [3.8, 4) is 22.8 Å². The van der Waals surface area contributed by atoms with Crippen molar-refractivity contribution >= 4 is 29.3 Å². The Morgan fingerprint density at radius 2 is 1.92 bits per heavy atom. The molecule has 3 aromatic rings. The Morgan fingerprint density at radius 3 is 2.69 bits per heavy atom. The first kappa shape index (κ1) is 26.3. The summed E-state index contributed by atoms with van der Waals surface area (Å²) in [4.78, 5) is 41.6. The molecule has 1 aromatic carbocycles. The van der Waals surface area contributed by atoms with Crippen molar-refractivity contribution in [2.24, 2.45) is 5.92 Å². The molecule has 5 rings (SSSR count). The van der Waals surface area contributed by atoms with E-state index in [0.717, 1.165) is 37.7 Å². The van der Waals surface area contributed by atoms with Crippen LogP contribution in [0.1, 0.15) is 55.8 Å². The van der Waals surface area contributed by atoms with Crippen LogP contribution < -0.4 is 20.1 Å². The van der Waals surface area contributed by atoms with Gasteiger partial charge in [-0.05, 0) is 56.0 Å². The lowest BCUT2D eigenvalue weighted by atomic mass is 9.82. The molecule has 1 unspecified atom stereocenters. The number of nitrogens with zero attached hydrogens (tertiary/aromatic N) is 2. The van der Waals surface area contributed by atoms with E-state index >= 15 is 0 Å². The normalized spacial score (nSPS) is 15.6. The second-order valence-electron chi connectivity index (χ2n) is 9.76. The van der Waals surface area contributed by atoms with Gasteiger partial charge in [0.15, 0.2) is 11.5 Å². The van der Waals surface area contributed by atoms with Gasteiger partial charge in [0.05, 0.1) is 13.0 Å². The number of pyridine rings is 1. The van der Waals surface area contributed by atoms with E-state index in [2.05, 4.69) is 10.6 Å². The molecule has 2 aliphatic rings. The van der Waals surface area contributed by atoms with E-state index in [9.17, 15) is 19.5 Å². The third-order valence-corrected chi connectivity index (χ3v) is 7.17. The zero-order chi connectivity index (χ0) is 27.4. The zero-order valence-corrected chi connectivity index (χ0v) is 21.8. The number of imidazole rings is 1. The first-order valence-corrected chi connectivity index (χ1v) is 13.3. The highest BCUT2D eigenvalue weighted by Crippen LogP contribution is 2.38. The fourth-order valence-electron chi connectivity index (χ4n) is 5.28. The van der Waals surface area contributed by atoms with Gasteiger partial charge in [0.1, 0.15) is 23.7 Å². The second kappa shape index (κ2) is 11.6. The zero-order valence-electron chi connectivity index (χ0n) is 21.8. The Morgan fingerprint density at radius 1 is 1.13 bits per heavy atom. The van der Waals surface area contributed by atoms with Gasteiger partial charge in [-0.25, -0.2) is 4.98 Å². The molecule has 11 nitrogen and oxygen atoms in total. The fraction of sp³-hybridized carbons (Fsp3) is 0.429. The lowest BCUT2D eigenvalue weighted by Crippen LogP contribution is -2.42. The van der Waals surface area contributed by atoms with Gasteiger partial charge < -0.3 is 30.0 Å². The van der Waals surface area contributed by atoms with Crippen LogP contribution in [0.3, 0.4) is 0 Å². The van der Waals surface area contributed by atoms with Crippen molar-refractivity contribution in [3.63, 3.8) is 0 Å². The van der Waals surface area contributed by atoms with Crippen molar-refractivity contribution in [2.45, 2.75) is 51.5 Å². The Hall–Kier alpha value is -4.28. The standard InChI is InChI=1S/C28H32N4O7/c1-2-37-25(35)15-29-27-26(18-8-9-21-22(12-18)39-16-38-21)31-23-13-19(10-11-32(23)27)28(36)30-20(14-24(33)34)17-6-4-3-5-7-17/h8-13,17,20,29H,2-7,14-16H2,1H3,(H,30,36)(H,33,34). The molecule has 0 saturated heterocycles. The minimum Gasteiger partial charge on any atom is -0.481 e. The number of aromatic nitrogens is 2. The van der Waals surface area contributed by atoms with Crippen LogP contribution in [-0.2, 0) is 14.3 Å². The number of amides is 1. The van der Waals surface area contributed by atoms with Crippen LogP contribution in [0, 0.1) is 5.92 Å². The van der Waals surface area contributed by atoms with Crippen molar-refractivity contribution in [2.75, 3.05) is 25.3 Å². The number of carboxylic acid groups (broad SMARTS) is 1. The molecule has 3 heterocycles. The number of hydrogen-bond acceptors (Lipinski definition) is 8. The minimum atomic E-state index is -0.930. The molecule has 11 heteroatoms. The van der Waals surface area contributed by atoms with Crippen LogP contribution in [-0.4, -0.2) is 58.3 Å². The van der Waals surface area contributed by atoms with E-state index in [4.69, 9.17) is 19.2 Å². The third-order valence-electron chi connectivity index (χ3n) is 7.17. The predicted molar refractivity (Wildman–Crippen MR) is 142 cm³/mol. The molecule has 1 aliphatic carbocycles. The topological polar surface area (TPSA) is 140 Å². The number of hydrogen-bond donors (Lipinski definition) is 3. The van der Waals surface area contributed by atoms with Gasteiger partial charge in [0.2, 0.25) is 6.79 Å². The van der Waals surface area contributed by atoms with E-state index in [1.54, 1.807) is 35.7 Å². The summed E-state index contributed by atoms with van der Waals surface area (Å²) in [6.07, 6.45) is 6.63. The van der Waals surface area contributed by atoms with Gasteiger partial charge in [-0.15, -0.1) is 0 Å². The van der Waals surface area contributed by atoms with E-state index < -0.39 is 18.0 Å². The van der Waals surface area contributed by atoms with Crippen LogP contribution in [0.5, 0.6) is 11.5 Å². The number of fused-ring (bicyclic) bond motifs is 2. The maximum atomic E-state index is 13.3. The summed E-state index contributed by atoms with van der Waals surface area (Å²) in [5.74, 6) is 0.236. The van der Waals surface area contributed by atoms with Gasteiger partial charge >= 0.3 is 11.9 Å². The molecular weight excluding hydrogens is 504 g/mol. The Balaban J connectivity index is 1.45. The molecule has 1 aliphatic heterocycles. The number of carbonyl (C=O) groups is 3. The maximum Gasteiger partial charge on any atom is 0.325 e. The maximum absolute atomic E-state index is 13.3. The highest BCUT2D eigenvalue weighted by Gasteiger charge is 2.28. The molecule has 0 radical (unpaired) electrons. The van der Waals surface area contributed by atoms with E-state index in [1.165, 1.54) is 0 Å². The molecule has 0 spiro atoms. The predicted octanol–water partition coefficient (Wildman–Crippen LogP) is 3.86. The number of ether oxygens (including phenoxy) is 3. The Bertz CT molecular complexity index is 1380.